The number of anilines is 2. The highest BCUT2D eigenvalue weighted by Crippen LogP contribution is 2.31. The molecule has 1 fully saturated rings. The van der Waals surface area contributed by atoms with Gasteiger partial charge in [0, 0.05) is 18.1 Å². The highest BCUT2D eigenvalue weighted by Gasteiger charge is 2.23. The van der Waals surface area contributed by atoms with E-state index in [1.54, 1.807) is 0 Å². The molecular formula is C9H16N4S. The van der Waals surface area contributed by atoms with Crippen LogP contribution >= 0.6 is 11.5 Å². The Morgan fingerprint density at radius 2 is 2.43 bits per heavy atom. The smallest absolute Gasteiger partial charge is 0.233 e. The van der Waals surface area contributed by atoms with Crippen molar-refractivity contribution in [2.24, 2.45) is 11.8 Å². The van der Waals surface area contributed by atoms with Crippen LogP contribution in [0.4, 0.5) is 11.1 Å². The molecule has 5 heteroatoms. The van der Waals surface area contributed by atoms with Crippen LogP contribution in [-0.4, -0.2) is 15.9 Å². The summed E-state index contributed by atoms with van der Waals surface area (Å²) < 4.78 is 3.93. The fourth-order valence-electron chi connectivity index (χ4n) is 2.05. The third-order valence-electron chi connectivity index (χ3n) is 3.00. The highest BCUT2D eigenvalue weighted by molar-refractivity contribution is 7.09. The van der Waals surface area contributed by atoms with E-state index in [4.69, 9.17) is 5.73 Å². The molecule has 0 bridgehead atoms. The van der Waals surface area contributed by atoms with Crippen molar-refractivity contribution in [3.8, 4) is 0 Å². The molecule has 0 amide bonds. The van der Waals surface area contributed by atoms with E-state index in [0.717, 1.165) is 23.5 Å². The minimum absolute atomic E-state index is 0.372. The Hall–Kier alpha value is -0.840. The van der Waals surface area contributed by atoms with Gasteiger partial charge < -0.3 is 11.1 Å². The van der Waals surface area contributed by atoms with E-state index < -0.39 is 0 Å². The summed E-state index contributed by atoms with van der Waals surface area (Å²) in [5, 5.41) is 4.15. The molecule has 0 aliphatic heterocycles. The predicted molar refractivity (Wildman–Crippen MR) is 59.3 cm³/mol. The average Bonchev–Trinajstić information content (AvgIpc) is 2.72. The number of nitrogen functional groups attached to an aromatic ring is 1. The summed E-state index contributed by atoms with van der Waals surface area (Å²) in [6.07, 6.45) is 4.07. The van der Waals surface area contributed by atoms with Gasteiger partial charge in [-0.1, -0.05) is 19.8 Å². The lowest BCUT2D eigenvalue weighted by atomic mass is 9.98. The lowest BCUT2D eigenvalue weighted by Crippen LogP contribution is -2.16. The van der Waals surface area contributed by atoms with Crippen LogP contribution in [0.15, 0.2) is 0 Å². The Kier molecular flexibility index (Phi) is 2.86. The number of nitrogens with zero attached hydrogens (tertiary/aromatic N) is 2. The van der Waals surface area contributed by atoms with Gasteiger partial charge in [-0.2, -0.15) is 9.36 Å². The third-order valence-corrected chi connectivity index (χ3v) is 3.68. The van der Waals surface area contributed by atoms with E-state index in [2.05, 4.69) is 21.6 Å². The number of hydrogen-bond acceptors (Lipinski definition) is 5. The largest absolute Gasteiger partial charge is 0.367 e. The monoisotopic (exact) mass is 212 g/mol. The van der Waals surface area contributed by atoms with Gasteiger partial charge in [-0.05, 0) is 18.3 Å². The van der Waals surface area contributed by atoms with Crippen molar-refractivity contribution < 1.29 is 0 Å². The summed E-state index contributed by atoms with van der Waals surface area (Å²) in [4.78, 5) is 4.07. The first-order chi connectivity index (χ1) is 6.75. The van der Waals surface area contributed by atoms with E-state index in [-0.39, 0.29) is 0 Å². The molecule has 2 atom stereocenters. The van der Waals surface area contributed by atoms with Crippen molar-refractivity contribution in [3.63, 3.8) is 0 Å². The van der Waals surface area contributed by atoms with Gasteiger partial charge in [0.15, 0.2) is 0 Å². The van der Waals surface area contributed by atoms with Gasteiger partial charge in [0.2, 0.25) is 11.1 Å². The molecule has 0 aromatic carbocycles. The predicted octanol–water partition coefficient (Wildman–Crippen LogP) is 1.97. The number of nitrogens with two attached hydrogens (primary N) is 1. The minimum atomic E-state index is 0.372. The molecule has 1 aromatic rings. The van der Waals surface area contributed by atoms with E-state index in [1.807, 2.05) is 0 Å². The number of nitrogens with one attached hydrogen (secondary N) is 1. The normalized spacial score (nSPS) is 26.6. The van der Waals surface area contributed by atoms with Crippen LogP contribution in [0.3, 0.4) is 0 Å². The summed E-state index contributed by atoms with van der Waals surface area (Å²) in [5.74, 6) is 2.00. The summed E-state index contributed by atoms with van der Waals surface area (Å²) in [7, 11) is 0. The third kappa shape index (κ3) is 2.15. The second-order valence-electron chi connectivity index (χ2n) is 4.01. The number of aromatic nitrogens is 2. The van der Waals surface area contributed by atoms with Crippen LogP contribution in [0.2, 0.25) is 0 Å². The maximum atomic E-state index is 5.44. The van der Waals surface area contributed by atoms with E-state index >= 15 is 0 Å². The number of rotatable bonds is 3. The van der Waals surface area contributed by atoms with Crippen LogP contribution in [0.5, 0.6) is 0 Å². The first-order valence-corrected chi connectivity index (χ1v) is 5.86. The fraction of sp³-hybridized carbons (Fsp3) is 0.778. The quantitative estimate of drug-likeness (QED) is 0.804. The van der Waals surface area contributed by atoms with Gasteiger partial charge in [-0.25, -0.2) is 0 Å². The van der Waals surface area contributed by atoms with Crippen LogP contribution in [0.1, 0.15) is 26.2 Å². The first kappa shape index (κ1) is 9.71. The Morgan fingerprint density at radius 3 is 3.00 bits per heavy atom. The summed E-state index contributed by atoms with van der Waals surface area (Å²) in [5.41, 5.74) is 5.44. The standard InChI is InChI=1S/C9H16N4S/c1-6-3-2-4-7(6)5-11-9-12-8(10)13-14-9/h6-7H,2-5H2,1H3,(H3,10,11,12,13). The molecule has 1 aliphatic carbocycles. The van der Waals surface area contributed by atoms with E-state index in [0.29, 0.717) is 5.95 Å². The molecule has 3 N–H and O–H groups in total. The zero-order valence-electron chi connectivity index (χ0n) is 8.36. The molecule has 1 saturated carbocycles. The summed E-state index contributed by atoms with van der Waals surface area (Å²) in [6, 6.07) is 0. The zero-order chi connectivity index (χ0) is 9.97. The van der Waals surface area contributed by atoms with E-state index in [1.165, 1.54) is 30.8 Å². The Labute approximate surface area is 88.1 Å². The Bertz CT molecular complexity index is 299. The lowest BCUT2D eigenvalue weighted by molar-refractivity contribution is 0.439. The molecule has 0 radical (unpaired) electrons. The Morgan fingerprint density at radius 1 is 1.57 bits per heavy atom. The lowest BCUT2D eigenvalue weighted by Gasteiger charge is -2.14. The molecule has 2 unspecified atom stereocenters. The molecule has 0 saturated heterocycles. The second kappa shape index (κ2) is 4.13. The molecule has 14 heavy (non-hydrogen) atoms. The zero-order valence-corrected chi connectivity index (χ0v) is 9.18. The first-order valence-electron chi connectivity index (χ1n) is 5.09. The molecule has 4 nitrogen and oxygen atoms in total. The molecule has 1 heterocycles. The number of hydrogen-bond donors (Lipinski definition) is 2. The maximum absolute atomic E-state index is 5.44. The molecule has 0 spiro atoms. The van der Waals surface area contributed by atoms with Gasteiger partial charge >= 0.3 is 0 Å². The van der Waals surface area contributed by atoms with Crippen LogP contribution in [-0.2, 0) is 0 Å². The second-order valence-corrected chi connectivity index (χ2v) is 4.76. The van der Waals surface area contributed by atoms with Gasteiger partial charge in [0.1, 0.15) is 0 Å². The van der Waals surface area contributed by atoms with Crippen LogP contribution in [0.25, 0.3) is 0 Å². The molecule has 1 aromatic heterocycles. The van der Waals surface area contributed by atoms with Gasteiger partial charge in [-0.15, -0.1) is 0 Å². The maximum Gasteiger partial charge on any atom is 0.233 e. The molecule has 1 aliphatic rings. The topological polar surface area (TPSA) is 63.8 Å². The molecule has 78 valence electrons. The van der Waals surface area contributed by atoms with Gasteiger partial charge in [0.05, 0.1) is 0 Å². The Balaban J connectivity index is 1.82. The van der Waals surface area contributed by atoms with E-state index in [9.17, 15) is 0 Å². The fourth-order valence-corrected chi connectivity index (χ4v) is 2.55. The minimum Gasteiger partial charge on any atom is -0.367 e. The van der Waals surface area contributed by atoms with Crippen molar-refractivity contribution in [1.29, 1.82) is 0 Å². The van der Waals surface area contributed by atoms with Gasteiger partial charge in [-0.3, -0.25) is 0 Å². The van der Waals surface area contributed by atoms with Crippen molar-refractivity contribution in [3.05, 3.63) is 0 Å². The van der Waals surface area contributed by atoms with Crippen molar-refractivity contribution in [1.82, 2.24) is 9.36 Å². The van der Waals surface area contributed by atoms with Crippen LogP contribution < -0.4 is 11.1 Å². The molecular weight excluding hydrogens is 196 g/mol. The average molecular weight is 212 g/mol. The van der Waals surface area contributed by atoms with Crippen molar-refractivity contribution in [2.45, 2.75) is 26.2 Å². The van der Waals surface area contributed by atoms with Crippen molar-refractivity contribution >= 4 is 22.6 Å². The summed E-state index contributed by atoms with van der Waals surface area (Å²) in [6.45, 7) is 3.34. The highest BCUT2D eigenvalue weighted by atomic mass is 32.1. The van der Waals surface area contributed by atoms with Gasteiger partial charge in [0.25, 0.3) is 0 Å². The van der Waals surface area contributed by atoms with Crippen molar-refractivity contribution in [2.75, 3.05) is 17.6 Å². The summed E-state index contributed by atoms with van der Waals surface area (Å²) >= 11 is 1.34. The van der Waals surface area contributed by atoms with Crippen LogP contribution in [0, 0.1) is 11.8 Å². The SMILES string of the molecule is CC1CCCC1CNc1nc(N)ns1. The molecule has 2 rings (SSSR count).